The molecule has 0 radical (unpaired) electrons. The topological polar surface area (TPSA) is 32.8 Å². The lowest BCUT2D eigenvalue weighted by atomic mass is 10.1. The summed E-state index contributed by atoms with van der Waals surface area (Å²) in [7, 11) is 0. The van der Waals surface area contributed by atoms with E-state index < -0.39 is 6.61 Å². The summed E-state index contributed by atoms with van der Waals surface area (Å²) < 4.78 is 29.2. The van der Waals surface area contributed by atoms with Crippen molar-refractivity contribution in [3.05, 3.63) is 29.8 Å². The molecule has 0 aromatic heterocycles. The number of carbonyl (C=O) groups excluding carboxylic acids is 1. The minimum absolute atomic E-state index is 0.195. The van der Waals surface area contributed by atoms with Gasteiger partial charge in [0.15, 0.2) is 0 Å². The number of hydrogen-bond acceptors (Lipinski definition) is 3. The van der Waals surface area contributed by atoms with Crippen LogP contribution in [0.5, 0.6) is 5.75 Å². The summed E-state index contributed by atoms with van der Waals surface area (Å²) in [6.45, 7) is 1.19. The monoisotopic (exact) mass is 352 g/mol. The molecule has 2 aliphatic rings. The quantitative estimate of drug-likeness (QED) is 0.813. The van der Waals surface area contributed by atoms with Crippen LogP contribution in [0.4, 0.5) is 8.78 Å². The average molecular weight is 352 g/mol. The van der Waals surface area contributed by atoms with Gasteiger partial charge in [-0.05, 0) is 37.0 Å². The average Bonchev–Trinajstić information content (AvgIpc) is 3.02. The van der Waals surface area contributed by atoms with Gasteiger partial charge in [-0.1, -0.05) is 25.0 Å². The standard InChI is InChI=1S/C19H26F2N2O2/c20-19(21)25-17-8-3-5-15(13-17)14-22-9-4-10-23(12-11-22)18(24)16-6-1-2-7-16/h3,5,8,13,16,19H,1-2,4,6-7,9-12,14H2. The van der Waals surface area contributed by atoms with Crippen LogP contribution in [-0.2, 0) is 11.3 Å². The van der Waals surface area contributed by atoms with Crippen molar-refractivity contribution in [3.63, 3.8) is 0 Å². The normalized spacial score (nSPS) is 20.0. The van der Waals surface area contributed by atoms with Gasteiger partial charge in [-0.2, -0.15) is 8.78 Å². The molecule has 0 unspecified atom stereocenters. The van der Waals surface area contributed by atoms with Gasteiger partial charge in [0.25, 0.3) is 0 Å². The summed E-state index contributed by atoms with van der Waals surface area (Å²) in [5.74, 6) is 0.752. The first kappa shape index (κ1) is 18.1. The van der Waals surface area contributed by atoms with Crippen LogP contribution in [0.2, 0.25) is 0 Å². The summed E-state index contributed by atoms with van der Waals surface area (Å²) in [6.07, 6.45) is 5.37. The van der Waals surface area contributed by atoms with E-state index in [-0.39, 0.29) is 11.7 Å². The molecule has 1 amide bonds. The molecule has 1 aliphatic heterocycles. The Kier molecular flexibility index (Phi) is 6.24. The lowest BCUT2D eigenvalue weighted by Gasteiger charge is -2.24. The molecule has 1 saturated heterocycles. The minimum atomic E-state index is -2.80. The molecule has 0 spiro atoms. The molecule has 1 saturated carbocycles. The molecular formula is C19H26F2N2O2. The van der Waals surface area contributed by atoms with E-state index in [1.54, 1.807) is 18.2 Å². The highest BCUT2D eigenvalue weighted by Crippen LogP contribution is 2.27. The molecular weight excluding hydrogens is 326 g/mol. The van der Waals surface area contributed by atoms with Crippen molar-refractivity contribution in [2.45, 2.75) is 45.3 Å². The zero-order chi connectivity index (χ0) is 17.6. The third-order valence-corrected chi connectivity index (χ3v) is 5.13. The van der Waals surface area contributed by atoms with Gasteiger partial charge < -0.3 is 9.64 Å². The predicted octanol–water partition coefficient (Wildman–Crippen LogP) is 3.51. The number of carbonyl (C=O) groups is 1. The van der Waals surface area contributed by atoms with Gasteiger partial charge in [-0.25, -0.2) is 0 Å². The van der Waals surface area contributed by atoms with Crippen LogP contribution in [0.15, 0.2) is 24.3 Å². The fraction of sp³-hybridized carbons (Fsp3) is 0.632. The molecule has 0 atom stereocenters. The van der Waals surface area contributed by atoms with E-state index in [9.17, 15) is 13.6 Å². The minimum Gasteiger partial charge on any atom is -0.435 e. The van der Waals surface area contributed by atoms with E-state index in [1.807, 2.05) is 11.0 Å². The zero-order valence-corrected chi connectivity index (χ0v) is 14.5. The number of alkyl halides is 2. The largest absolute Gasteiger partial charge is 0.435 e. The Morgan fingerprint density at radius 2 is 1.92 bits per heavy atom. The molecule has 1 aromatic carbocycles. The van der Waals surface area contributed by atoms with Gasteiger partial charge in [0.2, 0.25) is 5.91 Å². The molecule has 2 fully saturated rings. The SMILES string of the molecule is O=C(C1CCCC1)N1CCCN(Cc2cccc(OC(F)F)c2)CC1. The maximum absolute atomic E-state index is 12.6. The van der Waals surface area contributed by atoms with Crippen LogP contribution in [0.3, 0.4) is 0 Å². The summed E-state index contributed by atoms with van der Waals surface area (Å²) in [4.78, 5) is 16.9. The van der Waals surface area contributed by atoms with Crippen LogP contribution in [-0.4, -0.2) is 48.5 Å². The molecule has 1 aliphatic carbocycles. The van der Waals surface area contributed by atoms with Crippen molar-refractivity contribution in [3.8, 4) is 5.75 Å². The lowest BCUT2D eigenvalue weighted by Crippen LogP contribution is -2.38. The number of ether oxygens (including phenoxy) is 1. The van der Waals surface area contributed by atoms with Gasteiger partial charge in [0.05, 0.1) is 0 Å². The van der Waals surface area contributed by atoms with Gasteiger partial charge in [0, 0.05) is 38.6 Å². The van der Waals surface area contributed by atoms with Crippen molar-refractivity contribution in [2.24, 2.45) is 5.92 Å². The Bertz CT molecular complexity index is 576. The van der Waals surface area contributed by atoms with Crippen molar-refractivity contribution in [1.82, 2.24) is 9.80 Å². The number of halogens is 2. The van der Waals surface area contributed by atoms with Gasteiger partial charge in [-0.15, -0.1) is 0 Å². The number of nitrogens with zero attached hydrogens (tertiary/aromatic N) is 2. The van der Waals surface area contributed by atoms with E-state index in [1.165, 1.54) is 12.8 Å². The molecule has 1 heterocycles. The first-order chi connectivity index (χ1) is 12.1. The second-order valence-corrected chi connectivity index (χ2v) is 6.96. The van der Waals surface area contributed by atoms with Crippen molar-refractivity contribution >= 4 is 5.91 Å². The second-order valence-electron chi connectivity index (χ2n) is 6.96. The third kappa shape index (κ3) is 5.14. The van der Waals surface area contributed by atoms with Gasteiger partial charge in [-0.3, -0.25) is 9.69 Å². The summed E-state index contributed by atoms with van der Waals surface area (Å²) in [6, 6.07) is 6.87. The number of amides is 1. The van der Waals surface area contributed by atoms with Crippen molar-refractivity contribution in [2.75, 3.05) is 26.2 Å². The Morgan fingerprint density at radius 3 is 2.68 bits per heavy atom. The van der Waals surface area contributed by atoms with Crippen molar-refractivity contribution in [1.29, 1.82) is 0 Å². The number of rotatable bonds is 5. The predicted molar refractivity (Wildman–Crippen MR) is 91.5 cm³/mol. The van der Waals surface area contributed by atoms with Crippen LogP contribution >= 0.6 is 0 Å². The van der Waals surface area contributed by atoms with Crippen LogP contribution in [0.1, 0.15) is 37.7 Å². The highest BCUT2D eigenvalue weighted by molar-refractivity contribution is 5.79. The first-order valence-corrected chi connectivity index (χ1v) is 9.17. The lowest BCUT2D eigenvalue weighted by molar-refractivity contribution is -0.135. The smallest absolute Gasteiger partial charge is 0.387 e. The fourth-order valence-electron chi connectivity index (χ4n) is 3.86. The Balaban J connectivity index is 1.53. The van der Waals surface area contributed by atoms with E-state index in [2.05, 4.69) is 9.64 Å². The molecule has 138 valence electrons. The van der Waals surface area contributed by atoms with Crippen LogP contribution < -0.4 is 4.74 Å². The Labute approximate surface area is 147 Å². The summed E-state index contributed by atoms with van der Waals surface area (Å²) in [5.41, 5.74) is 0.953. The van der Waals surface area contributed by atoms with Crippen molar-refractivity contribution < 1.29 is 18.3 Å². The zero-order valence-electron chi connectivity index (χ0n) is 14.5. The third-order valence-electron chi connectivity index (χ3n) is 5.13. The number of benzene rings is 1. The highest BCUT2D eigenvalue weighted by atomic mass is 19.3. The van der Waals surface area contributed by atoms with E-state index in [4.69, 9.17) is 0 Å². The molecule has 4 nitrogen and oxygen atoms in total. The molecule has 0 bridgehead atoms. The van der Waals surface area contributed by atoms with E-state index in [0.29, 0.717) is 12.5 Å². The molecule has 0 N–H and O–H groups in total. The maximum atomic E-state index is 12.6. The maximum Gasteiger partial charge on any atom is 0.387 e. The molecule has 25 heavy (non-hydrogen) atoms. The van der Waals surface area contributed by atoms with Crippen LogP contribution in [0.25, 0.3) is 0 Å². The Morgan fingerprint density at radius 1 is 1.12 bits per heavy atom. The summed E-state index contributed by atoms with van der Waals surface area (Å²) >= 11 is 0. The number of hydrogen-bond donors (Lipinski definition) is 0. The molecule has 3 rings (SSSR count). The second kappa shape index (κ2) is 8.61. The van der Waals surface area contributed by atoms with E-state index in [0.717, 1.165) is 51.0 Å². The molecule has 1 aromatic rings. The first-order valence-electron chi connectivity index (χ1n) is 9.17. The van der Waals surface area contributed by atoms with Gasteiger partial charge in [0.1, 0.15) is 5.75 Å². The fourth-order valence-corrected chi connectivity index (χ4v) is 3.86. The highest BCUT2D eigenvalue weighted by Gasteiger charge is 2.28. The van der Waals surface area contributed by atoms with E-state index >= 15 is 0 Å². The Hall–Kier alpha value is -1.69. The summed E-state index contributed by atoms with van der Waals surface area (Å²) in [5, 5.41) is 0. The molecule has 6 heteroatoms. The van der Waals surface area contributed by atoms with Crippen LogP contribution in [0, 0.1) is 5.92 Å². The van der Waals surface area contributed by atoms with Gasteiger partial charge >= 0.3 is 6.61 Å².